The predicted molar refractivity (Wildman–Crippen MR) is 131 cm³/mol. The lowest BCUT2D eigenvalue weighted by Crippen LogP contribution is -2.56. The summed E-state index contributed by atoms with van der Waals surface area (Å²) in [7, 11) is 4.73. The number of ether oxygens (including phenoxy) is 5. The van der Waals surface area contributed by atoms with Gasteiger partial charge in [0, 0.05) is 56.7 Å². The summed E-state index contributed by atoms with van der Waals surface area (Å²) in [6.45, 7) is 1.75. The molecule has 2 aromatic heterocycles. The Hall–Kier alpha value is -3.45. The second kappa shape index (κ2) is 12.5. The van der Waals surface area contributed by atoms with Crippen LogP contribution in [0.4, 0.5) is 11.5 Å². The number of aromatic nitrogens is 3. The van der Waals surface area contributed by atoms with Crippen molar-refractivity contribution in [1.82, 2.24) is 19.5 Å². The first kappa shape index (κ1) is 25.6. The first-order valence-electron chi connectivity index (χ1n) is 11.4. The summed E-state index contributed by atoms with van der Waals surface area (Å²) in [6, 6.07) is 9.13. The van der Waals surface area contributed by atoms with Gasteiger partial charge in [0.05, 0.1) is 25.4 Å². The molecule has 3 aromatic rings. The monoisotopic (exact) mass is 498 g/mol. The van der Waals surface area contributed by atoms with Crippen molar-refractivity contribution < 1.29 is 23.7 Å². The molecule has 1 aromatic carbocycles. The zero-order valence-corrected chi connectivity index (χ0v) is 20.5. The third kappa shape index (κ3) is 6.02. The Bertz CT molecular complexity index is 1170. The Balaban J connectivity index is 1.59. The minimum atomic E-state index is -0.518. The van der Waals surface area contributed by atoms with E-state index in [4.69, 9.17) is 29.2 Å². The van der Waals surface area contributed by atoms with E-state index >= 15 is 0 Å². The summed E-state index contributed by atoms with van der Waals surface area (Å²) in [4.78, 5) is 9.68. The number of fused-ring (bicyclic) bond motifs is 1. The number of rotatable bonds is 12. The number of nitrogens with zero attached hydrogens (tertiary/aromatic N) is 7. The van der Waals surface area contributed by atoms with Crippen LogP contribution in [-0.4, -0.2) is 85.8 Å². The van der Waals surface area contributed by atoms with Crippen molar-refractivity contribution >= 4 is 17.0 Å². The van der Waals surface area contributed by atoms with Gasteiger partial charge in [-0.25, -0.2) is 9.50 Å². The summed E-state index contributed by atoms with van der Waals surface area (Å²) in [6.07, 6.45) is 2.56. The van der Waals surface area contributed by atoms with E-state index in [9.17, 15) is 0 Å². The number of likely N-dealkylation sites (tertiary alicyclic amines) is 1. The first-order valence-corrected chi connectivity index (χ1v) is 11.4. The molecule has 0 bridgehead atoms. The van der Waals surface area contributed by atoms with Gasteiger partial charge in [0.1, 0.15) is 31.2 Å². The molecule has 1 fully saturated rings. The third-order valence-electron chi connectivity index (χ3n) is 5.89. The minimum absolute atomic E-state index is 0.0740. The van der Waals surface area contributed by atoms with E-state index in [-0.39, 0.29) is 13.6 Å². The summed E-state index contributed by atoms with van der Waals surface area (Å²) < 4.78 is 29.0. The highest BCUT2D eigenvalue weighted by Gasteiger charge is 2.38. The first-order chi connectivity index (χ1) is 17.7. The van der Waals surface area contributed by atoms with Gasteiger partial charge in [0.15, 0.2) is 5.82 Å². The highest BCUT2D eigenvalue weighted by Crippen LogP contribution is 2.28. The topological polar surface area (TPSA) is 140 Å². The molecule has 0 saturated carbocycles. The standard InChI is InChI=1S/C23H30N8O5/c1-32-14-35-19-11-30(12-20(36-15-33-2)21(19)28-29-24)10-16-7-8-31-22(16)23(25-13-26-31)27-17-5-4-6-18(9-17)34-3/h4-9,13,19-21H,10-12,14-15H2,1-3H3,(H,25,26,27)/t19-,20+,21?. The van der Waals surface area contributed by atoms with Gasteiger partial charge in [-0.3, -0.25) is 4.90 Å². The van der Waals surface area contributed by atoms with E-state index in [2.05, 4.69) is 30.3 Å². The molecule has 1 N–H and O–H groups in total. The molecule has 3 atom stereocenters. The summed E-state index contributed by atoms with van der Waals surface area (Å²) in [5, 5.41) is 11.7. The van der Waals surface area contributed by atoms with Crippen LogP contribution in [0, 0.1) is 0 Å². The fraction of sp³-hybridized carbons (Fsp3) is 0.478. The lowest BCUT2D eigenvalue weighted by molar-refractivity contribution is -0.154. The van der Waals surface area contributed by atoms with Crippen molar-refractivity contribution in [3.63, 3.8) is 0 Å². The van der Waals surface area contributed by atoms with Crippen molar-refractivity contribution in [2.45, 2.75) is 24.8 Å². The number of nitrogens with one attached hydrogen (secondary N) is 1. The average molecular weight is 499 g/mol. The molecule has 192 valence electrons. The molecule has 1 unspecified atom stereocenters. The lowest BCUT2D eigenvalue weighted by Gasteiger charge is -2.41. The molecule has 13 nitrogen and oxygen atoms in total. The molecular weight excluding hydrogens is 468 g/mol. The average Bonchev–Trinajstić information content (AvgIpc) is 3.31. The summed E-state index contributed by atoms with van der Waals surface area (Å²) >= 11 is 0. The number of azide groups is 1. The smallest absolute Gasteiger partial charge is 0.158 e. The lowest BCUT2D eigenvalue weighted by atomic mass is 9.98. The van der Waals surface area contributed by atoms with Crippen LogP contribution in [-0.2, 0) is 25.5 Å². The molecule has 1 saturated heterocycles. The van der Waals surface area contributed by atoms with Crippen LogP contribution >= 0.6 is 0 Å². The molecule has 1 aliphatic heterocycles. The van der Waals surface area contributed by atoms with E-state index < -0.39 is 18.2 Å². The number of benzene rings is 1. The van der Waals surface area contributed by atoms with Crippen LogP contribution in [0.25, 0.3) is 16.0 Å². The SMILES string of the molecule is COCO[C@H]1CN(Cc2ccn3ncnc(Nc4cccc(OC)c4)c23)C[C@@H](OCOC)C1N=[N+]=[N-]. The van der Waals surface area contributed by atoms with Crippen molar-refractivity contribution in [3.8, 4) is 5.75 Å². The Labute approximate surface area is 208 Å². The van der Waals surface area contributed by atoms with Crippen LogP contribution < -0.4 is 10.1 Å². The van der Waals surface area contributed by atoms with Crippen molar-refractivity contribution in [2.75, 3.05) is 53.3 Å². The molecular formula is C23H30N8O5. The normalized spacial score (nSPS) is 20.2. The second-order valence-corrected chi connectivity index (χ2v) is 8.21. The van der Waals surface area contributed by atoms with Gasteiger partial charge in [-0.15, -0.1) is 0 Å². The zero-order valence-electron chi connectivity index (χ0n) is 20.5. The van der Waals surface area contributed by atoms with Crippen LogP contribution in [0.2, 0.25) is 0 Å². The predicted octanol–water partition coefficient (Wildman–Crippen LogP) is 2.95. The molecule has 36 heavy (non-hydrogen) atoms. The molecule has 1 aliphatic rings. The van der Waals surface area contributed by atoms with E-state index in [0.717, 1.165) is 22.5 Å². The maximum absolute atomic E-state index is 9.12. The fourth-order valence-corrected chi connectivity index (χ4v) is 4.31. The van der Waals surface area contributed by atoms with E-state index in [0.29, 0.717) is 25.5 Å². The molecule has 13 heteroatoms. The Kier molecular flexibility index (Phi) is 8.90. The molecule has 0 radical (unpaired) electrons. The number of methoxy groups -OCH3 is 3. The highest BCUT2D eigenvalue weighted by atomic mass is 16.7. The van der Waals surface area contributed by atoms with E-state index in [1.807, 2.05) is 36.5 Å². The number of hydrogen-bond acceptors (Lipinski definition) is 10. The molecule has 4 rings (SSSR count). The van der Waals surface area contributed by atoms with Gasteiger partial charge < -0.3 is 29.0 Å². The van der Waals surface area contributed by atoms with Gasteiger partial charge in [-0.05, 0) is 29.3 Å². The largest absolute Gasteiger partial charge is 0.497 e. The molecule has 0 aliphatic carbocycles. The third-order valence-corrected chi connectivity index (χ3v) is 5.89. The Morgan fingerprint density at radius 2 is 1.86 bits per heavy atom. The molecule has 0 amide bonds. The van der Waals surface area contributed by atoms with E-state index in [1.165, 1.54) is 6.33 Å². The van der Waals surface area contributed by atoms with Gasteiger partial charge in [0.25, 0.3) is 0 Å². The van der Waals surface area contributed by atoms with Crippen LogP contribution in [0.3, 0.4) is 0 Å². The second-order valence-electron chi connectivity index (χ2n) is 8.21. The van der Waals surface area contributed by atoms with Crippen molar-refractivity contribution in [3.05, 3.63) is 58.9 Å². The van der Waals surface area contributed by atoms with Gasteiger partial charge >= 0.3 is 0 Å². The van der Waals surface area contributed by atoms with Crippen LogP contribution in [0.15, 0.2) is 48.0 Å². The molecule has 3 heterocycles. The maximum Gasteiger partial charge on any atom is 0.158 e. The van der Waals surface area contributed by atoms with Gasteiger partial charge in [-0.2, -0.15) is 5.10 Å². The minimum Gasteiger partial charge on any atom is -0.497 e. The van der Waals surface area contributed by atoms with Crippen molar-refractivity contribution in [1.29, 1.82) is 0 Å². The van der Waals surface area contributed by atoms with Crippen LogP contribution in [0.5, 0.6) is 5.75 Å². The molecule has 0 spiro atoms. The van der Waals surface area contributed by atoms with Gasteiger partial charge in [-0.1, -0.05) is 11.2 Å². The fourth-order valence-electron chi connectivity index (χ4n) is 4.31. The van der Waals surface area contributed by atoms with Gasteiger partial charge in [0.2, 0.25) is 0 Å². The number of hydrogen-bond donors (Lipinski definition) is 1. The summed E-state index contributed by atoms with van der Waals surface area (Å²) in [5.74, 6) is 1.41. The number of piperidine rings is 1. The van der Waals surface area contributed by atoms with Crippen LogP contribution in [0.1, 0.15) is 5.56 Å². The van der Waals surface area contributed by atoms with Crippen molar-refractivity contribution in [2.24, 2.45) is 5.11 Å². The highest BCUT2D eigenvalue weighted by molar-refractivity contribution is 5.76. The zero-order chi connectivity index (χ0) is 25.3. The van der Waals surface area contributed by atoms with E-state index in [1.54, 1.807) is 25.8 Å². The Morgan fingerprint density at radius 1 is 1.11 bits per heavy atom. The summed E-state index contributed by atoms with van der Waals surface area (Å²) in [5.41, 5.74) is 11.8. The number of anilines is 2. The maximum atomic E-state index is 9.12. The quantitative estimate of drug-likeness (QED) is 0.173. The Morgan fingerprint density at radius 3 is 2.53 bits per heavy atom.